The van der Waals surface area contributed by atoms with E-state index in [1.807, 2.05) is 18.2 Å². The Balaban J connectivity index is 1.36. The van der Waals surface area contributed by atoms with Crippen LogP contribution in [0.2, 0.25) is 0 Å². The lowest BCUT2D eigenvalue weighted by molar-refractivity contribution is 0.179. The standard InChI is InChI=1S/C24H27O3PS3/c1-4-10-22(11-5-1)29-19-16-25-28(26-17-20-30-23-12-6-2-7-13-23)27-18-21-31-24-14-8-3-9-15-24/h1-15H,16-21H2. The predicted octanol–water partition coefficient (Wildman–Crippen LogP) is 7.64. The zero-order valence-corrected chi connectivity index (χ0v) is 20.6. The van der Waals surface area contributed by atoms with Crippen LogP contribution in [0.5, 0.6) is 0 Å². The van der Waals surface area contributed by atoms with Gasteiger partial charge >= 0.3 is 8.60 Å². The van der Waals surface area contributed by atoms with Gasteiger partial charge in [-0.25, -0.2) is 0 Å². The number of hydrogen-bond acceptors (Lipinski definition) is 6. The van der Waals surface area contributed by atoms with Crippen LogP contribution in [0.3, 0.4) is 0 Å². The Morgan fingerprint density at radius 3 is 1.03 bits per heavy atom. The molecule has 3 nitrogen and oxygen atoms in total. The molecular formula is C24H27O3PS3. The van der Waals surface area contributed by atoms with Crippen LogP contribution in [-0.2, 0) is 13.6 Å². The van der Waals surface area contributed by atoms with E-state index >= 15 is 0 Å². The summed E-state index contributed by atoms with van der Waals surface area (Å²) in [6.45, 7) is 1.80. The van der Waals surface area contributed by atoms with Crippen molar-refractivity contribution < 1.29 is 13.6 Å². The molecule has 0 spiro atoms. The van der Waals surface area contributed by atoms with Crippen molar-refractivity contribution in [1.82, 2.24) is 0 Å². The number of thioether (sulfide) groups is 3. The highest BCUT2D eigenvalue weighted by Gasteiger charge is 2.13. The Morgan fingerprint density at radius 1 is 0.452 bits per heavy atom. The van der Waals surface area contributed by atoms with Gasteiger partial charge in [-0.15, -0.1) is 35.3 Å². The van der Waals surface area contributed by atoms with E-state index in [1.54, 1.807) is 35.3 Å². The third-order valence-electron chi connectivity index (χ3n) is 3.88. The summed E-state index contributed by atoms with van der Waals surface area (Å²) in [6, 6.07) is 31.1. The number of hydrogen-bond donors (Lipinski definition) is 0. The lowest BCUT2D eigenvalue weighted by Gasteiger charge is -2.16. The fourth-order valence-corrected chi connectivity index (χ4v) is 6.05. The quantitative estimate of drug-likeness (QED) is 0.123. The minimum absolute atomic E-state index is 0.600. The van der Waals surface area contributed by atoms with Crippen LogP contribution < -0.4 is 0 Å². The van der Waals surface area contributed by atoms with Crippen molar-refractivity contribution in [2.45, 2.75) is 14.7 Å². The molecule has 0 aliphatic rings. The number of benzene rings is 3. The predicted molar refractivity (Wildman–Crippen MR) is 136 cm³/mol. The molecule has 0 radical (unpaired) electrons. The van der Waals surface area contributed by atoms with E-state index < -0.39 is 8.60 Å². The van der Waals surface area contributed by atoms with E-state index in [4.69, 9.17) is 13.6 Å². The van der Waals surface area contributed by atoms with Crippen molar-refractivity contribution in [3.8, 4) is 0 Å². The molecule has 0 saturated heterocycles. The van der Waals surface area contributed by atoms with E-state index in [9.17, 15) is 0 Å². The fourth-order valence-electron chi connectivity index (χ4n) is 2.48. The SMILES string of the molecule is c1ccc(SCCOP(OCCSc2ccccc2)OCCSc2ccccc2)cc1. The Labute approximate surface area is 199 Å². The highest BCUT2D eigenvalue weighted by molar-refractivity contribution is 7.99. The fraction of sp³-hybridized carbons (Fsp3) is 0.250. The van der Waals surface area contributed by atoms with Gasteiger partial charge in [-0.2, -0.15) is 0 Å². The third kappa shape index (κ3) is 10.9. The van der Waals surface area contributed by atoms with Crippen LogP contribution in [0.15, 0.2) is 106 Å². The van der Waals surface area contributed by atoms with Crippen LogP contribution >= 0.6 is 43.9 Å². The van der Waals surface area contributed by atoms with Gasteiger partial charge in [0, 0.05) is 31.9 Å². The van der Waals surface area contributed by atoms with Gasteiger partial charge in [0.15, 0.2) is 0 Å². The number of rotatable bonds is 15. The summed E-state index contributed by atoms with van der Waals surface area (Å²) in [6.07, 6.45) is 0. The molecule has 0 aliphatic carbocycles. The Morgan fingerprint density at radius 2 is 0.742 bits per heavy atom. The first-order valence-corrected chi connectivity index (χ1v) is 14.2. The molecule has 0 saturated carbocycles. The first-order valence-electron chi connectivity index (χ1n) is 10.1. The maximum atomic E-state index is 5.95. The summed E-state index contributed by atoms with van der Waals surface area (Å²) in [5.41, 5.74) is 0. The highest BCUT2D eigenvalue weighted by Crippen LogP contribution is 2.40. The van der Waals surface area contributed by atoms with Gasteiger partial charge in [-0.05, 0) is 36.4 Å². The van der Waals surface area contributed by atoms with E-state index in [2.05, 4.69) is 72.8 Å². The summed E-state index contributed by atoms with van der Waals surface area (Å²) in [5.74, 6) is 2.60. The first kappa shape index (κ1) is 24.7. The van der Waals surface area contributed by atoms with Gasteiger partial charge in [0.2, 0.25) is 0 Å². The molecule has 3 rings (SSSR count). The van der Waals surface area contributed by atoms with E-state index in [0.717, 1.165) is 17.3 Å². The molecule has 0 bridgehead atoms. The minimum Gasteiger partial charge on any atom is -0.311 e. The monoisotopic (exact) mass is 490 g/mol. The van der Waals surface area contributed by atoms with Crippen LogP contribution in [-0.4, -0.2) is 37.1 Å². The van der Waals surface area contributed by atoms with Gasteiger partial charge < -0.3 is 13.6 Å². The minimum atomic E-state index is -1.34. The largest absolute Gasteiger partial charge is 0.332 e. The summed E-state index contributed by atoms with van der Waals surface area (Å²) < 4.78 is 17.8. The molecule has 0 aliphatic heterocycles. The molecule has 0 unspecified atom stereocenters. The molecule has 7 heteroatoms. The molecular weight excluding hydrogens is 463 g/mol. The maximum Gasteiger partial charge on any atom is 0.332 e. The van der Waals surface area contributed by atoms with E-state index in [0.29, 0.717) is 19.8 Å². The average molecular weight is 491 g/mol. The molecule has 164 valence electrons. The van der Waals surface area contributed by atoms with Gasteiger partial charge in [-0.1, -0.05) is 54.6 Å². The second-order valence-corrected chi connectivity index (χ2v) is 10.9. The molecule has 31 heavy (non-hydrogen) atoms. The van der Waals surface area contributed by atoms with Crippen LogP contribution in [0.1, 0.15) is 0 Å². The smallest absolute Gasteiger partial charge is 0.311 e. The molecule has 0 N–H and O–H groups in total. The molecule has 0 amide bonds. The molecule has 0 fully saturated rings. The second-order valence-electron chi connectivity index (χ2n) is 6.21. The van der Waals surface area contributed by atoms with Gasteiger partial charge in [0.1, 0.15) is 0 Å². The lowest BCUT2D eigenvalue weighted by atomic mass is 10.4. The molecule has 3 aromatic rings. The average Bonchev–Trinajstić information content (AvgIpc) is 2.83. The van der Waals surface area contributed by atoms with Crippen molar-refractivity contribution in [2.24, 2.45) is 0 Å². The summed E-state index contributed by atoms with van der Waals surface area (Å²) >= 11 is 5.34. The van der Waals surface area contributed by atoms with Crippen molar-refractivity contribution in [2.75, 3.05) is 37.1 Å². The summed E-state index contributed by atoms with van der Waals surface area (Å²) in [5, 5.41) is 0. The molecule has 0 heterocycles. The zero-order valence-electron chi connectivity index (χ0n) is 17.3. The van der Waals surface area contributed by atoms with Crippen LogP contribution in [0.25, 0.3) is 0 Å². The third-order valence-corrected chi connectivity index (χ3v) is 7.98. The summed E-state index contributed by atoms with van der Waals surface area (Å²) in [4.78, 5) is 3.74. The summed E-state index contributed by atoms with van der Waals surface area (Å²) in [7, 11) is -1.34. The van der Waals surface area contributed by atoms with Crippen LogP contribution in [0.4, 0.5) is 0 Å². The Bertz CT molecular complexity index is 712. The first-order chi connectivity index (χ1) is 15.4. The van der Waals surface area contributed by atoms with E-state index in [-0.39, 0.29) is 0 Å². The van der Waals surface area contributed by atoms with Gasteiger partial charge in [-0.3, -0.25) is 0 Å². The normalized spacial score (nSPS) is 11.1. The van der Waals surface area contributed by atoms with Gasteiger partial charge in [0.05, 0.1) is 19.8 Å². The van der Waals surface area contributed by atoms with Crippen molar-refractivity contribution in [3.05, 3.63) is 91.0 Å². The zero-order chi connectivity index (χ0) is 21.4. The maximum absolute atomic E-state index is 5.95. The van der Waals surface area contributed by atoms with Crippen molar-refractivity contribution >= 4 is 43.9 Å². The molecule has 3 aromatic carbocycles. The van der Waals surface area contributed by atoms with Crippen molar-refractivity contribution in [3.63, 3.8) is 0 Å². The van der Waals surface area contributed by atoms with Crippen molar-refractivity contribution in [1.29, 1.82) is 0 Å². The second kappa shape index (κ2) is 15.8. The highest BCUT2D eigenvalue weighted by atomic mass is 32.2. The molecule has 0 atom stereocenters. The topological polar surface area (TPSA) is 27.7 Å². The van der Waals surface area contributed by atoms with Gasteiger partial charge in [0.25, 0.3) is 0 Å². The lowest BCUT2D eigenvalue weighted by Crippen LogP contribution is -2.03. The molecule has 0 aromatic heterocycles. The van der Waals surface area contributed by atoms with Crippen LogP contribution in [0, 0.1) is 0 Å². The van der Waals surface area contributed by atoms with E-state index in [1.165, 1.54) is 14.7 Å². The Kier molecular flexibility index (Phi) is 12.5. The Hall–Kier alpha value is -0.980.